The molecule has 0 bridgehead atoms. The molecular formula is C14H13ClN2OS. The van der Waals surface area contributed by atoms with Gasteiger partial charge >= 0.3 is 0 Å². The molecule has 98 valence electrons. The molecule has 0 saturated heterocycles. The van der Waals surface area contributed by atoms with Crippen LogP contribution in [0.4, 0.5) is 0 Å². The minimum absolute atomic E-state index is 0.245. The minimum Gasteiger partial charge on any atom is -0.457 e. The van der Waals surface area contributed by atoms with Gasteiger partial charge in [0, 0.05) is 17.3 Å². The third-order valence-electron chi connectivity index (χ3n) is 2.63. The Hall–Kier alpha value is -1.65. The molecule has 1 aromatic heterocycles. The van der Waals surface area contributed by atoms with Gasteiger partial charge in [-0.2, -0.15) is 0 Å². The number of halogens is 1. The summed E-state index contributed by atoms with van der Waals surface area (Å²) < 4.78 is 5.87. The van der Waals surface area contributed by atoms with Crippen LogP contribution in [-0.2, 0) is 0 Å². The summed E-state index contributed by atoms with van der Waals surface area (Å²) in [5.41, 5.74) is 8.03. The van der Waals surface area contributed by atoms with Crippen molar-refractivity contribution in [1.29, 1.82) is 0 Å². The molecule has 2 N–H and O–H groups in total. The van der Waals surface area contributed by atoms with Gasteiger partial charge in [0.2, 0.25) is 0 Å². The Balaban J connectivity index is 2.36. The Morgan fingerprint density at radius 2 is 1.89 bits per heavy atom. The van der Waals surface area contributed by atoms with Crippen LogP contribution in [0.3, 0.4) is 0 Å². The molecule has 2 rings (SSSR count). The van der Waals surface area contributed by atoms with Crippen molar-refractivity contribution in [3.8, 4) is 11.5 Å². The van der Waals surface area contributed by atoms with E-state index in [1.54, 1.807) is 18.3 Å². The molecule has 0 radical (unpaired) electrons. The van der Waals surface area contributed by atoms with Crippen LogP contribution in [0.2, 0.25) is 5.02 Å². The average molecular weight is 293 g/mol. The van der Waals surface area contributed by atoms with Crippen LogP contribution in [0.5, 0.6) is 11.5 Å². The monoisotopic (exact) mass is 292 g/mol. The van der Waals surface area contributed by atoms with Crippen LogP contribution in [0, 0.1) is 13.8 Å². The number of aryl methyl sites for hydroxylation is 2. The Kier molecular flexibility index (Phi) is 4.02. The smallest absolute Gasteiger partial charge is 0.133 e. The molecule has 0 aliphatic carbocycles. The Morgan fingerprint density at radius 3 is 2.47 bits per heavy atom. The lowest BCUT2D eigenvalue weighted by Gasteiger charge is -2.12. The number of benzene rings is 1. The maximum Gasteiger partial charge on any atom is 0.133 e. The van der Waals surface area contributed by atoms with Gasteiger partial charge in [-0.3, -0.25) is 4.98 Å². The van der Waals surface area contributed by atoms with Crippen molar-refractivity contribution in [2.45, 2.75) is 13.8 Å². The van der Waals surface area contributed by atoms with E-state index in [1.165, 1.54) is 0 Å². The van der Waals surface area contributed by atoms with E-state index >= 15 is 0 Å². The zero-order valence-electron chi connectivity index (χ0n) is 10.6. The van der Waals surface area contributed by atoms with E-state index in [4.69, 9.17) is 34.3 Å². The molecule has 2 aromatic rings. The van der Waals surface area contributed by atoms with Crippen molar-refractivity contribution in [2.75, 3.05) is 0 Å². The van der Waals surface area contributed by atoms with Gasteiger partial charge < -0.3 is 10.5 Å². The second-order valence-electron chi connectivity index (χ2n) is 4.21. The van der Waals surface area contributed by atoms with Crippen LogP contribution >= 0.6 is 23.8 Å². The minimum atomic E-state index is 0.245. The van der Waals surface area contributed by atoms with Crippen molar-refractivity contribution >= 4 is 28.8 Å². The van der Waals surface area contributed by atoms with Gasteiger partial charge in [0.25, 0.3) is 0 Å². The number of ether oxygens (including phenoxy) is 1. The van der Waals surface area contributed by atoms with Crippen LogP contribution in [0.15, 0.2) is 30.5 Å². The van der Waals surface area contributed by atoms with E-state index in [9.17, 15) is 0 Å². The Labute approximate surface area is 122 Å². The SMILES string of the molecule is Cc1cc(Cl)cc(C)c1Oc1ccnc(C(N)=S)c1. The molecule has 1 heterocycles. The summed E-state index contributed by atoms with van der Waals surface area (Å²) in [4.78, 5) is 4.32. The second kappa shape index (κ2) is 5.55. The number of aromatic nitrogens is 1. The molecule has 0 atom stereocenters. The van der Waals surface area contributed by atoms with Crippen molar-refractivity contribution in [1.82, 2.24) is 4.98 Å². The average Bonchev–Trinajstić information content (AvgIpc) is 2.34. The molecule has 0 aliphatic heterocycles. The molecule has 19 heavy (non-hydrogen) atoms. The van der Waals surface area contributed by atoms with Gasteiger partial charge in [-0.1, -0.05) is 23.8 Å². The van der Waals surface area contributed by atoms with Crippen molar-refractivity contribution in [2.24, 2.45) is 5.73 Å². The number of hydrogen-bond acceptors (Lipinski definition) is 3. The maximum atomic E-state index is 5.99. The zero-order valence-corrected chi connectivity index (χ0v) is 12.2. The first kappa shape index (κ1) is 13.8. The fraction of sp³-hybridized carbons (Fsp3) is 0.143. The predicted octanol–water partition coefficient (Wildman–Crippen LogP) is 3.78. The lowest BCUT2D eigenvalue weighted by molar-refractivity contribution is 0.474. The number of nitrogens with zero attached hydrogens (tertiary/aromatic N) is 1. The summed E-state index contributed by atoms with van der Waals surface area (Å²) in [6.45, 7) is 3.90. The largest absolute Gasteiger partial charge is 0.457 e. The number of nitrogens with two attached hydrogens (primary N) is 1. The van der Waals surface area contributed by atoms with Crippen LogP contribution in [0.1, 0.15) is 16.8 Å². The summed E-state index contributed by atoms with van der Waals surface area (Å²) in [6, 6.07) is 7.20. The number of pyridine rings is 1. The molecule has 5 heteroatoms. The van der Waals surface area contributed by atoms with Crippen LogP contribution in [0.25, 0.3) is 0 Å². The quantitative estimate of drug-likeness (QED) is 0.875. The summed E-state index contributed by atoms with van der Waals surface area (Å²) in [5.74, 6) is 1.43. The molecule has 0 saturated carbocycles. The lowest BCUT2D eigenvalue weighted by Crippen LogP contribution is -2.11. The number of hydrogen-bond donors (Lipinski definition) is 1. The third kappa shape index (κ3) is 3.22. The normalized spacial score (nSPS) is 10.3. The third-order valence-corrected chi connectivity index (χ3v) is 3.06. The predicted molar refractivity (Wildman–Crippen MR) is 81.1 cm³/mol. The van der Waals surface area contributed by atoms with Gasteiger partial charge in [-0.05, 0) is 43.2 Å². The summed E-state index contributed by atoms with van der Waals surface area (Å²) >= 11 is 10.9. The highest BCUT2D eigenvalue weighted by Crippen LogP contribution is 2.31. The standard InChI is InChI=1S/C14H13ClN2OS/c1-8-5-10(15)6-9(2)13(8)18-11-3-4-17-12(7-11)14(16)19/h3-7H,1-2H3,(H2,16,19). The molecule has 0 spiro atoms. The highest BCUT2D eigenvalue weighted by atomic mass is 35.5. The van der Waals surface area contributed by atoms with Gasteiger partial charge in [-0.15, -0.1) is 0 Å². The highest BCUT2D eigenvalue weighted by molar-refractivity contribution is 7.80. The summed E-state index contributed by atoms with van der Waals surface area (Å²) in [5, 5.41) is 0.695. The van der Waals surface area contributed by atoms with Gasteiger partial charge in [0.15, 0.2) is 0 Å². The van der Waals surface area contributed by atoms with E-state index in [0.717, 1.165) is 16.9 Å². The fourth-order valence-corrected chi connectivity index (χ4v) is 2.22. The van der Waals surface area contributed by atoms with E-state index in [0.29, 0.717) is 16.5 Å². The van der Waals surface area contributed by atoms with E-state index < -0.39 is 0 Å². The van der Waals surface area contributed by atoms with Gasteiger partial charge in [0.1, 0.15) is 22.2 Å². The molecule has 0 amide bonds. The van der Waals surface area contributed by atoms with Crippen molar-refractivity contribution in [3.05, 3.63) is 52.3 Å². The lowest BCUT2D eigenvalue weighted by atomic mass is 10.1. The highest BCUT2D eigenvalue weighted by Gasteiger charge is 2.08. The van der Waals surface area contributed by atoms with Crippen LogP contribution < -0.4 is 10.5 Å². The molecule has 3 nitrogen and oxygen atoms in total. The topological polar surface area (TPSA) is 48.1 Å². The second-order valence-corrected chi connectivity index (χ2v) is 5.09. The molecule has 0 aliphatic rings. The zero-order chi connectivity index (χ0) is 14.0. The van der Waals surface area contributed by atoms with E-state index in [2.05, 4.69) is 4.98 Å². The van der Waals surface area contributed by atoms with Crippen molar-refractivity contribution < 1.29 is 4.74 Å². The van der Waals surface area contributed by atoms with Gasteiger partial charge in [0.05, 0.1) is 0 Å². The molecule has 0 fully saturated rings. The first-order valence-electron chi connectivity index (χ1n) is 5.68. The van der Waals surface area contributed by atoms with Gasteiger partial charge in [-0.25, -0.2) is 0 Å². The Bertz CT molecular complexity index is 620. The Morgan fingerprint density at radius 1 is 1.26 bits per heavy atom. The molecular weight excluding hydrogens is 280 g/mol. The van der Waals surface area contributed by atoms with Crippen LogP contribution in [-0.4, -0.2) is 9.97 Å². The first-order valence-corrected chi connectivity index (χ1v) is 6.46. The van der Waals surface area contributed by atoms with E-state index in [-0.39, 0.29) is 4.99 Å². The maximum absolute atomic E-state index is 5.99. The number of rotatable bonds is 3. The van der Waals surface area contributed by atoms with E-state index in [1.807, 2.05) is 26.0 Å². The molecule has 0 unspecified atom stereocenters. The fourth-order valence-electron chi connectivity index (χ4n) is 1.79. The first-order chi connectivity index (χ1) is 8.97. The van der Waals surface area contributed by atoms with Crippen molar-refractivity contribution in [3.63, 3.8) is 0 Å². The summed E-state index contributed by atoms with van der Waals surface area (Å²) in [7, 11) is 0. The summed E-state index contributed by atoms with van der Waals surface area (Å²) in [6.07, 6.45) is 1.62. The molecule has 1 aromatic carbocycles. The number of thiocarbonyl (C=S) groups is 1.